The van der Waals surface area contributed by atoms with Crippen molar-refractivity contribution in [2.24, 2.45) is 7.05 Å². The largest absolute Gasteiger partial charge is 0.508 e. The summed E-state index contributed by atoms with van der Waals surface area (Å²) >= 11 is 0. The first-order chi connectivity index (χ1) is 11.2. The van der Waals surface area contributed by atoms with Gasteiger partial charge >= 0.3 is 0 Å². The number of nitrogens with zero attached hydrogens (tertiary/aromatic N) is 4. The zero-order valence-electron chi connectivity index (χ0n) is 13.0. The summed E-state index contributed by atoms with van der Waals surface area (Å²) in [4.78, 5) is 13.5. The Morgan fingerprint density at radius 2 is 1.87 bits per heavy atom. The van der Waals surface area contributed by atoms with E-state index in [-0.39, 0.29) is 5.75 Å². The van der Waals surface area contributed by atoms with Crippen LogP contribution in [0.4, 0.5) is 5.82 Å². The predicted molar refractivity (Wildman–Crippen MR) is 89.3 cm³/mol. The van der Waals surface area contributed by atoms with E-state index in [1.807, 2.05) is 23.7 Å². The Morgan fingerprint density at radius 1 is 1.13 bits per heavy atom. The number of aromatic hydroxyl groups is 1. The monoisotopic (exact) mass is 309 g/mol. The lowest BCUT2D eigenvalue weighted by Crippen LogP contribution is -2.15. The zero-order chi connectivity index (χ0) is 15.8. The molecule has 0 unspecified atom stereocenters. The average molecular weight is 309 g/mol. The number of nitrogens with one attached hydrogen (secondary N) is 1. The van der Waals surface area contributed by atoms with Crippen molar-refractivity contribution in [3.8, 4) is 17.1 Å². The number of benzene rings is 1. The van der Waals surface area contributed by atoms with Crippen molar-refractivity contribution in [1.29, 1.82) is 0 Å². The molecular weight excluding hydrogens is 290 g/mol. The van der Waals surface area contributed by atoms with E-state index in [9.17, 15) is 5.11 Å². The zero-order valence-corrected chi connectivity index (χ0v) is 13.0. The van der Waals surface area contributed by atoms with Crippen LogP contribution in [0.1, 0.15) is 25.7 Å². The second-order valence-corrected chi connectivity index (χ2v) is 6.06. The predicted octanol–water partition coefficient (Wildman–Crippen LogP) is 3.09. The average Bonchev–Trinajstić information content (AvgIpc) is 3.18. The summed E-state index contributed by atoms with van der Waals surface area (Å²) < 4.78 is 1.96. The SMILES string of the molecule is Cn1c(-c2ccc(O)cc2)nc2c(NC3CCCC3)ncnc21. The Balaban J connectivity index is 1.78. The summed E-state index contributed by atoms with van der Waals surface area (Å²) in [6.45, 7) is 0. The molecule has 1 aliphatic carbocycles. The summed E-state index contributed by atoms with van der Waals surface area (Å²) in [7, 11) is 1.95. The van der Waals surface area contributed by atoms with Crippen molar-refractivity contribution in [3.05, 3.63) is 30.6 Å². The molecule has 23 heavy (non-hydrogen) atoms. The Kier molecular flexibility index (Phi) is 3.37. The van der Waals surface area contributed by atoms with Crippen LogP contribution in [-0.2, 0) is 7.05 Å². The fraction of sp³-hybridized carbons (Fsp3) is 0.353. The molecule has 3 aromatic rings. The van der Waals surface area contributed by atoms with Crippen LogP contribution in [0, 0.1) is 0 Å². The molecule has 0 aliphatic heterocycles. The maximum Gasteiger partial charge on any atom is 0.165 e. The molecule has 6 nitrogen and oxygen atoms in total. The molecule has 0 amide bonds. The number of hydrogen-bond donors (Lipinski definition) is 2. The Bertz CT molecular complexity index is 834. The third-order valence-corrected chi connectivity index (χ3v) is 4.48. The standard InChI is InChI=1S/C17H19N5O/c1-22-16(11-6-8-13(23)9-7-11)21-14-15(18-10-19-17(14)22)20-12-4-2-3-5-12/h6-10,12,23H,2-5H2,1H3,(H,18,19,20). The van der Waals surface area contributed by atoms with Gasteiger partial charge in [0, 0.05) is 18.7 Å². The number of phenolic OH excluding ortho intramolecular Hbond substituents is 1. The quantitative estimate of drug-likeness (QED) is 0.777. The van der Waals surface area contributed by atoms with Gasteiger partial charge in [0.15, 0.2) is 17.0 Å². The second kappa shape index (κ2) is 5.53. The Labute approximate surface area is 134 Å². The van der Waals surface area contributed by atoms with Gasteiger partial charge in [0.2, 0.25) is 0 Å². The number of hydrogen-bond acceptors (Lipinski definition) is 5. The van der Waals surface area contributed by atoms with Gasteiger partial charge < -0.3 is 15.0 Å². The molecule has 2 N–H and O–H groups in total. The van der Waals surface area contributed by atoms with Gasteiger partial charge in [-0.3, -0.25) is 0 Å². The first-order valence-corrected chi connectivity index (χ1v) is 7.96. The molecule has 2 aromatic heterocycles. The van der Waals surface area contributed by atoms with Crippen molar-refractivity contribution in [2.45, 2.75) is 31.7 Å². The van der Waals surface area contributed by atoms with Crippen LogP contribution in [0.25, 0.3) is 22.6 Å². The minimum Gasteiger partial charge on any atom is -0.508 e. The molecule has 4 rings (SSSR count). The van der Waals surface area contributed by atoms with Gasteiger partial charge in [0.25, 0.3) is 0 Å². The first-order valence-electron chi connectivity index (χ1n) is 7.96. The van der Waals surface area contributed by atoms with Gasteiger partial charge in [0.05, 0.1) is 0 Å². The summed E-state index contributed by atoms with van der Waals surface area (Å²) in [5.74, 6) is 1.87. The number of aryl methyl sites for hydroxylation is 1. The Morgan fingerprint density at radius 3 is 2.61 bits per heavy atom. The number of phenols is 1. The maximum atomic E-state index is 9.46. The molecule has 6 heteroatoms. The highest BCUT2D eigenvalue weighted by Crippen LogP contribution is 2.28. The topological polar surface area (TPSA) is 75.9 Å². The summed E-state index contributed by atoms with van der Waals surface area (Å²) in [5, 5.41) is 13.0. The lowest BCUT2D eigenvalue weighted by Gasteiger charge is -2.12. The van der Waals surface area contributed by atoms with Gasteiger partial charge in [0.1, 0.15) is 17.9 Å². The molecule has 0 saturated heterocycles. The molecular formula is C17H19N5O. The normalized spacial score (nSPS) is 15.3. The summed E-state index contributed by atoms with van der Waals surface area (Å²) in [6, 6.07) is 7.52. The van der Waals surface area contributed by atoms with E-state index in [4.69, 9.17) is 4.98 Å². The molecule has 118 valence electrons. The maximum absolute atomic E-state index is 9.46. The van der Waals surface area contributed by atoms with Gasteiger partial charge in [-0.05, 0) is 37.1 Å². The van der Waals surface area contributed by atoms with E-state index in [2.05, 4.69) is 15.3 Å². The van der Waals surface area contributed by atoms with Crippen LogP contribution < -0.4 is 5.32 Å². The molecule has 1 fully saturated rings. The van der Waals surface area contributed by atoms with Crippen molar-refractivity contribution in [1.82, 2.24) is 19.5 Å². The second-order valence-electron chi connectivity index (χ2n) is 6.06. The van der Waals surface area contributed by atoms with Crippen molar-refractivity contribution >= 4 is 17.0 Å². The molecule has 2 heterocycles. The minimum absolute atomic E-state index is 0.246. The highest BCUT2D eigenvalue weighted by atomic mass is 16.3. The highest BCUT2D eigenvalue weighted by Gasteiger charge is 2.19. The van der Waals surface area contributed by atoms with Gasteiger partial charge in [-0.2, -0.15) is 0 Å². The molecule has 0 bridgehead atoms. The van der Waals surface area contributed by atoms with E-state index in [0.29, 0.717) is 6.04 Å². The smallest absolute Gasteiger partial charge is 0.165 e. The molecule has 1 aromatic carbocycles. The lowest BCUT2D eigenvalue weighted by atomic mass is 10.2. The summed E-state index contributed by atoms with van der Waals surface area (Å²) in [6.07, 6.45) is 6.49. The van der Waals surface area contributed by atoms with E-state index in [1.165, 1.54) is 25.7 Å². The van der Waals surface area contributed by atoms with Crippen LogP contribution in [0.15, 0.2) is 30.6 Å². The van der Waals surface area contributed by atoms with Crippen molar-refractivity contribution in [2.75, 3.05) is 5.32 Å². The lowest BCUT2D eigenvalue weighted by molar-refractivity contribution is 0.475. The van der Waals surface area contributed by atoms with Crippen LogP contribution >= 0.6 is 0 Å². The fourth-order valence-electron chi connectivity index (χ4n) is 3.24. The number of imidazole rings is 1. The third kappa shape index (κ3) is 2.50. The van der Waals surface area contributed by atoms with Crippen molar-refractivity contribution in [3.63, 3.8) is 0 Å². The van der Waals surface area contributed by atoms with E-state index >= 15 is 0 Å². The minimum atomic E-state index is 0.246. The fourth-order valence-corrected chi connectivity index (χ4v) is 3.24. The van der Waals surface area contributed by atoms with E-state index < -0.39 is 0 Å². The number of rotatable bonds is 3. The first kappa shape index (κ1) is 14.0. The Hall–Kier alpha value is -2.63. The number of aromatic nitrogens is 4. The van der Waals surface area contributed by atoms with Gasteiger partial charge in [-0.1, -0.05) is 12.8 Å². The van der Waals surface area contributed by atoms with Crippen LogP contribution in [0.3, 0.4) is 0 Å². The molecule has 1 saturated carbocycles. The van der Waals surface area contributed by atoms with Crippen LogP contribution in [-0.4, -0.2) is 30.7 Å². The van der Waals surface area contributed by atoms with Gasteiger partial charge in [-0.15, -0.1) is 0 Å². The molecule has 1 aliphatic rings. The molecule has 0 atom stereocenters. The van der Waals surface area contributed by atoms with Crippen molar-refractivity contribution < 1.29 is 5.11 Å². The molecule has 0 radical (unpaired) electrons. The van der Waals surface area contributed by atoms with Crippen LogP contribution in [0.5, 0.6) is 5.75 Å². The van der Waals surface area contributed by atoms with E-state index in [1.54, 1.807) is 18.5 Å². The number of fused-ring (bicyclic) bond motifs is 1. The summed E-state index contributed by atoms with van der Waals surface area (Å²) in [5.41, 5.74) is 2.55. The van der Waals surface area contributed by atoms with Crippen LogP contribution in [0.2, 0.25) is 0 Å². The third-order valence-electron chi connectivity index (χ3n) is 4.48. The number of anilines is 1. The van der Waals surface area contributed by atoms with E-state index in [0.717, 1.165) is 28.4 Å². The molecule has 0 spiro atoms. The highest BCUT2D eigenvalue weighted by molar-refractivity contribution is 5.86. The van der Waals surface area contributed by atoms with Gasteiger partial charge in [-0.25, -0.2) is 15.0 Å².